The minimum atomic E-state index is -0.488. The van der Waals surface area contributed by atoms with Gasteiger partial charge in [0, 0.05) is 17.1 Å². The molecule has 7 nitrogen and oxygen atoms in total. The molecule has 0 aliphatic carbocycles. The number of amides is 1. The molecule has 0 atom stereocenters. The molecular weight excluding hydrogens is 495 g/mol. The maximum Gasteiger partial charge on any atom is 0.338 e. The van der Waals surface area contributed by atoms with Gasteiger partial charge in [0.2, 0.25) is 5.91 Å². The molecule has 3 rings (SSSR count). The number of nitrogens with zero attached hydrogens (tertiary/aromatic N) is 3. The molecule has 0 radical (unpaired) electrons. The number of benzene rings is 2. The molecule has 0 bridgehead atoms. The third-order valence-corrected chi connectivity index (χ3v) is 6.13. The molecule has 0 fully saturated rings. The normalized spacial score (nSPS) is 10.8. The highest BCUT2D eigenvalue weighted by Crippen LogP contribution is 2.31. The van der Waals surface area contributed by atoms with Gasteiger partial charge < -0.3 is 14.6 Å². The lowest BCUT2D eigenvalue weighted by molar-refractivity contribution is -0.113. The fraction of sp³-hybridized carbons (Fsp3) is 0.238. The predicted molar refractivity (Wildman–Crippen MR) is 128 cm³/mol. The van der Waals surface area contributed by atoms with Gasteiger partial charge in [-0.05, 0) is 50.2 Å². The number of thioether (sulfide) groups is 1. The van der Waals surface area contributed by atoms with E-state index < -0.39 is 5.97 Å². The molecule has 0 saturated heterocycles. The van der Waals surface area contributed by atoms with E-state index in [4.69, 9.17) is 39.5 Å². The van der Waals surface area contributed by atoms with Gasteiger partial charge in [0.1, 0.15) is 0 Å². The molecule has 1 N–H and O–H groups in total. The lowest BCUT2D eigenvalue weighted by atomic mass is 10.2. The highest BCUT2D eigenvalue weighted by atomic mass is 35.5. The monoisotopic (exact) mass is 512 g/mol. The van der Waals surface area contributed by atoms with Crippen LogP contribution >= 0.6 is 46.6 Å². The Morgan fingerprint density at radius 1 is 1.06 bits per heavy atom. The lowest BCUT2D eigenvalue weighted by Gasteiger charge is -2.10. The van der Waals surface area contributed by atoms with Crippen LogP contribution in [0.5, 0.6) is 0 Å². The van der Waals surface area contributed by atoms with Crippen molar-refractivity contribution in [1.29, 1.82) is 0 Å². The number of hydrogen-bond donors (Lipinski definition) is 1. The zero-order valence-electron chi connectivity index (χ0n) is 17.2. The fourth-order valence-corrected chi connectivity index (χ4v) is 4.29. The van der Waals surface area contributed by atoms with Crippen molar-refractivity contribution in [2.75, 3.05) is 17.7 Å². The van der Waals surface area contributed by atoms with Crippen LogP contribution in [0.25, 0.3) is 11.4 Å². The summed E-state index contributed by atoms with van der Waals surface area (Å²) in [5.41, 5.74) is 1.33. The average molecular weight is 514 g/mol. The highest BCUT2D eigenvalue weighted by molar-refractivity contribution is 7.99. The minimum absolute atomic E-state index is 0.0620. The Hall–Kier alpha value is -2.26. The smallest absolute Gasteiger partial charge is 0.338 e. The van der Waals surface area contributed by atoms with Gasteiger partial charge in [0.15, 0.2) is 11.0 Å². The topological polar surface area (TPSA) is 86.1 Å². The molecular formula is C21H19Cl3N4O3S. The van der Waals surface area contributed by atoms with Gasteiger partial charge in [-0.25, -0.2) is 4.79 Å². The zero-order chi connectivity index (χ0) is 23.3. The van der Waals surface area contributed by atoms with E-state index in [0.29, 0.717) is 49.4 Å². The summed E-state index contributed by atoms with van der Waals surface area (Å²) in [4.78, 5) is 24.4. The SMILES string of the molecule is CCOC(=O)c1ccc(Cl)c(NC(=O)CSc2nnc(-c3ccc(Cl)cc3Cl)n2CC)c1. The average Bonchev–Trinajstić information content (AvgIpc) is 3.16. The predicted octanol–water partition coefficient (Wildman–Crippen LogP) is 5.83. The number of anilines is 1. The molecule has 2 aromatic carbocycles. The molecule has 168 valence electrons. The summed E-state index contributed by atoms with van der Waals surface area (Å²) in [5, 5.41) is 13.0. The van der Waals surface area contributed by atoms with Gasteiger partial charge in [-0.15, -0.1) is 10.2 Å². The molecule has 3 aromatic rings. The first kappa shape index (κ1) is 24.4. The Morgan fingerprint density at radius 2 is 1.84 bits per heavy atom. The van der Waals surface area contributed by atoms with Gasteiger partial charge in [0.25, 0.3) is 0 Å². The van der Waals surface area contributed by atoms with Gasteiger partial charge in [-0.2, -0.15) is 0 Å². The number of halogens is 3. The molecule has 32 heavy (non-hydrogen) atoms. The summed E-state index contributed by atoms with van der Waals surface area (Å²) in [7, 11) is 0. The quantitative estimate of drug-likeness (QED) is 0.301. The summed E-state index contributed by atoms with van der Waals surface area (Å²) in [6.45, 7) is 4.50. The molecule has 0 aliphatic rings. The summed E-state index contributed by atoms with van der Waals surface area (Å²) in [6.07, 6.45) is 0. The van der Waals surface area contributed by atoms with Crippen molar-refractivity contribution in [2.24, 2.45) is 0 Å². The number of carbonyl (C=O) groups excluding carboxylic acids is 2. The zero-order valence-corrected chi connectivity index (χ0v) is 20.3. The van der Waals surface area contributed by atoms with Crippen molar-refractivity contribution in [3.63, 3.8) is 0 Å². The van der Waals surface area contributed by atoms with Crippen LogP contribution in [0, 0.1) is 0 Å². The highest BCUT2D eigenvalue weighted by Gasteiger charge is 2.18. The van der Waals surface area contributed by atoms with Crippen molar-refractivity contribution >= 4 is 64.1 Å². The van der Waals surface area contributed by atoms with Crippen LogP contribution in [-0.2, 0) is 16.1 Å². The Bertz CT molecular complexity index is 1150. The third kappa shape index (κ3) is 5.75. The van der Waals surface area contributed by atoms with Crippen molar-refractivity contribution in [3.8, 4) is 11.4 Å². The third-order valence-electron chi connectivity index (χ3n) is 4.29. The summed E-state index contributed by atoms with van der Waals surface area (Å²) in [6, 6.07) is 9.70. The minimum Gasteiger partial charge on any atom is -0.462 e. The number of ether oxygens (including phenoxy) is 1. The second-order valence-electron chi connectivity index (χ2n) is 6.43. The van der Waals surface area contributed by atoms with Crippen molar-refractivity contribution in [2.45, 2.75) is 25.5 Å². The number of esters is 1. The maximum absolute atomic E-state index is 12.5. The van der Waals surface area contributed by atoms with E-state index in [9.17, 15) is 9.59 Å². The van der Waals surface area contributed by atoms with Crippen LogP contribution in [0.2, 0.25) is 15.1 Å². The Balaban J connectivity index is 1.71. The van der Waals surface area contributed by atoms with Crippen LogP contribution in [0.1, 0.15) is 24.2 Å². The fourth-order valence-electron chi connectivity index (χ4n) is 2.83. The largest absolute Gasteiger partial charge is 0.462 e. The van der Waals surface area contributed by atoms with E-state index in [1.807, 2.05) is 11.5 Å². The molecule has 0 spiro atoms. The van der Waals surface area contributed by atoms with E-state index in [1.165, 1.54) is 30.0 Å². The van der Waals surface area contributed by atoms with Crippen LogP contribution in [-0.4, -0.2) is 39.0 Å². The second-order valence-corrected chi connectivity index (χ2v) is 8.62. The number of aromatic nitrogens is 3. The van der Waals surface area contributed by atoms with Crippen molar-refractivity contribution < 1.29 is 14.3 Å². The van der Waals surface area contributed by atoms with Gasteiger partial charge >= 0.3 is 5.97 Å². The molecule has 0 unspecified atom stereocenters. The Morgan fingerprint density at radius 3 is 2.53 bits per heavy atom. The standard InChI is InChI=1S/C21H19Cl3N4O3S/c1-3-28-19(14-7-6-13(22)10-16(14)24)26-27-21(28)32-11-18(29)25-17-9-12(5-8-15(17)23)20(30)31-4-2/h5-10H,3-4,11H2,1-2H3,(H,25,29). The lowest BCUT2D eigenvalue weighted by Crippen LogP contribution is -2.15. The molecule has 11 heteroatoms. The van der Waals surface area contributed by atoms with Crippen LogP contribution in [0.15, 0.2) is 41.6 Å². The van der Waals surface area contributed by atoms with Crippen LogP contribution in [0.3, 0.4) is 0 Å². The molecule has 1 amide bonds. The van der Waals surface area contributed by atoms with Gasteiger partial charge in [-0.1, -0.05) is 46.6 Å². The maximum atomic E-state index is 12.5. The Kier molecular flexibility index (Phi) is 8.42. The van der Waals surface area contributed by atoms with Crippen molar-refractivity contribution in [1.82, 2.24) is 14.8 Å². The number of carbonyl (C=O) groups is 2. The summed E-state index contributed by atoms with van der Waals surface area (Å²) < 4.78 is 6.84. The molecule has 1 heterocycles. The van der Waals surface area contributed by atoms with Crippen molar-refractivity contribution in [3.05, 3.63) is 57.0 Å². The molecule has 0 aliphatic heterocycles. The number of rotatable bonds is 8. The van der Waals surface area contributed by atoms with Crippen LogP contribution < -0.4 is 5.32 Å². The van der Waals surface area contributed by atoms with E-state index in [2.05, 4.69) is 15.5 Å². The first-order valence-corrected chi connectivity index (χ1v) is 11.7. The van der Waals surface area contributed by atoms with Crippen LogP contribution in [0.4, 0.5) is 5.69 Å². The first-order valence-electron chi connectivity index (χ1n) is 9.62. The van der Waals surface area contributed by atoms with E-state index in [0.717, 1.165) is 0 Å². The van der Waals surface area contributed by atoms with E-state index >= 15 is 0 Å². The second kappa shape index (κ2) is 11.0. The molecule has 0 saturated carbocycles. The first-order chi connectivity index (χ1) is 15.3. The summed E-state index contributed by atoms with van der Waals surface area (Å²) in [5.74, 6) is -0.151. The molecule has 1 aromatic heterocycles. The van der Waals surface area contributed by atoms with E-state index in [1.54, 1.807) is 25.1 Å². The number of nitrogens with one attached hydrogen (secondary N) is 1. The van der Waals surface area contributed by atoms with Gasteiger partial charge in [0.05, 0.1) is 33.7 Å². The Labute approximate surface area is 204 Å². The van der Waals surface area contributed by atoms with Gasteiger partial charge in [-0.3, -0.25) is 4.79 Å². The summed E-state index contributed by atoms with van der Waals surface area (Å²) >= 11 is 19.7. The number of hydrogen-bond acceptors (Lipinski definition) is 6. The van der Waals surface area contributed by atoms with E-state index in [-0.39, 0.29) is 18.3 Å².